The zero-order valence-electron chi connectivity index (χ0n) is 14.4. The Bertz CT molecular complexity index is 993. The maximum atomic E-state index is 12.5. The van der Waals surface area contributed by atoms with Crippen molar-refractivity contribution in [1.29, 1.82) is 0 Å². The van der Waals surface area contributed by atoms with Crippen molar-refractivity contribution >= 4 is 28.2 Å². The third-order valence-corrected chi connectivity index (χ3v) is 5.73. The summed E-state index contributed by atoms with van der Waals surface area (Å²) < 4.78 is 10.9. The second kappa shape index (κ2) is 6.96. The molecule has 0 aliphatic carbocycles. The lowest BCUT2D eigenvalue weighted by Gasteiger charge is -2.40. The van der Waals surface area contributed by atoms with Crippen LogP contribution in [0.25, 0.3) is 11.0 Å². The number of benzene rings is 1. The summed E-state index contributed by atoms with van der Waals surface area (Å²) >= 11 is 1.67. The van der Waals surface area contributed by atoms with Crippen LogP contribution in [-0.2, 0) is 11.2 Å². The summed E-state index contributed by atoms with van der Waals surface area (Å²) in [6.07, 6.45) is 1.74. The highest BCUT2D eigenvalue weighted by Gasteiger charge is 2.33. The van der Waals surface area contributed by atoms with E-state index in [2.05, 4.69) is 6.07 Å². The highest BCUT2D eigenvalue weighted by molar-refractivity contribution is 7.10. The third kappa shape index (κ3) is 3.12. The number of ether oxygens (including phenoxy) is 1. The van der Waals surface area contributed by atoms with E-state index < -0.39 is 0 Å². The third-order valence-electron chi connectivity index (χ3n) is 4.76. The summed E-state index contributed by atoms with van der Waals surface area (Å²) in [6, 6.07) is 11.1. The van der Waals surface area contributed by atoms with Crippen molar-refractivity contribution in [3.05, 3.63) is 62.6 Å². The smallest absolute Gasteiger partial charge is 0.336 e. The van der Waals surface area contributed by atoms with Crippen LogP contribution in [0, 0.1) is 0 Å². The van der Waals surface area contributed by atoms with E-state index in [4.69, 9.17) is 9.15 Å². The molecule has 26 heavy (non-hydrogen) atoms. The Hall–Kier alpha value is -2.60. The molecule has 1 aliphatic heterocycles. The van der Waals surface area contributed by atoms with Gasteiger partial charge in [0.25, 0.3) is 5.91 Å². The summed E-state index contributed by atoms with van der Waals surface area (Å²) in [7, 11) is 0. The van der Waals surface area contributed by atoms with Gasteiger partial charge in [0.05, 0.1) is 6.04 Å². The van der Waals surface area contributed by atoms with Crippen LogP contribution in [-0.4, -0.2) is 24.0 Å². The quantitative estimate of drug-likeness (QED) is 0.643. The van der Waals surface area contributed by atoms with Crippen LogP contribution in [0.15, 0.2) is 51.0 Å². The van der Waals surface area contributed by atoms with Crippen molar-refractivity contribution in [2.75, 3.05) is 13.2 Å². The highest BCUT2D eigenvalue weighted by atomic mass is 32.1. The minimum absolute atomic E-state index is 0.0227. The fourth-order valence-electron chi connectivity index (χ4n) is 3.28. The number of amides is 1. The maximum Gasteiger partial charge on any atom is 0.336 e. The molecule has 0 saturated carbocycles. The lowest BCUT2D eigenvalue weighted by atomic mass is 10.0. The molecule has 2 aromatic heterocycles. The number of hydrogen-bond donors (Lipinski definition) is 0. The molecule has 0 bridgehead atoms. The molecule has 1 fully saturated rings. The van der Waals surface area contributed by atoms with Crippen molar-refractivity contribution in [3.63, 3.8) is 0 Å². The molecule has 3 aromatic rings. The fraction of sp³-hybridized carbons (Fsp3) is 0.300. The Morgan fingerprint density at radius 3 is 2.92 bits per heavy atom. The number of carbonyl (C=O) groups is 1. The van der Waals surface area contributed by atoms with E-state index in [0.29, 0.717) is 11.3 Å². The van der Waals surface area contributed by atoms with Crippen molar-refractivity contribution in [3.8, 4) is 5.75 Å². The SMILES string of the molecule is CCc1cc(=O)oc2cc(OCC(=O)N3CCC3c3cccs3)ccc12. The Morgan fingerprint density at radius 2 is 2.23 bits per heavy atom. The molecule has 6 heteroatoms. The average molecular weight is 369 g/mol. The Kier molecular flexibility index (Phi) is 4.51. The summed E-state index contributed by atoms with van der Waals surface area (Å²) in [4.78, 5) is 27.2. The first-order valence-electron chi connectivity index (χ1n) is 8.68. The summed E-state index contributed by atoms with van der Waals surface area (Å²) in [5.74, 6) is 0.494. The fourth-order valence-corrected chi connectivity index (χ4v) is 4.16. The largest absolute Gasteiger partial charge is 0.484 e. The maximum absolute atomic E-state index is 12.5. The Morgan fingerprint density at radius 1 is 1.35 bits per heavy atom. The molecular weight excluding hydrogens is 350 g/mol. The predicted molar refractivity (Wildman–Crippen MR) is 101 cm³/mol. The molecular formula is C20H19NO4S. The van der Waals surface area contributed by atoms with Gasteiger partial charge in [-0.2, -0.15) is 0 Å². The van der Waals surface area contributed by atoms with E-state index in [1.165, 1.54) is 10.9 Å². The summed E-state index contributed by atoms with van der Waals surface area (Å²) in [5.41, 5.74) is 1.06. The van der Waals surface area contributed by atoms with E-state index in [9.17, 15) is 9.59 Å². The molecule has 0 spiro atoms. The van der Waals surface area contributed by atoms with Gasteiger partial charge in [0.1, 0.15) is 11.3 Å². The second-order valence-corrected chi connectivity index (χ2v) is 7.28. The lowest BCUT2D eigenvalue weighted by Crippen LogP contribution is -2.46. The van der Waals surface area contributed by atoms with Crippen LogP contribution < -0.4 is 10.4 Å². The molecule has 1 saturated heterocycles. The van der Waals surface area contributed by atoms with Crippen molar-refractivity contribution in [2.24, 2.45) is 0 Å². The van der Waals surface area contributed by atoms with Gasteiger partial charge in [-0.15, -0.1) is 11.3 Å². The second-order valence-electron chi connectivity index (χ2n) is 6.30. The van der Waals surface area contributed by atoms with Crippen LogP contribution in [0.5, 0.6) is 5.75 Å². The van der Waals surface area contributed by atoms with Crippen LogP contribution in [0.4, 0.5) is 0 Å². The number of nitrogens with zero attached hydrogens (tertiary/aromatic N) is 1. The molecule has 4 rings (SSSR count). The molecule has 0 radical (unpaired) electrons. The van der Waals surface area contributed by atoms with Gasteiger partial charge in [-0.3, -0.25) is 4.79 Å². The van der Waals surface area contributed by atoms with Gasteiger partial charge in [-0.05, 0) is 42.0 Å². The van der Waals surface area contributed by atoms with E-state index in [1.54, 1.807) is 17.4 Å². The first kappa shape index (κ1) is 16.8. The number of thiophene rings is 1. The number of fused-ring (bicyclic) bond motifs is 1. The number of aryl methyl sites for hydroxylation is 1. The number of carbonyl (C=O) groups excluding carboxylic acids is 1. The van der Waals surface area contributed by atoms with E-state index in [0.717, 1.165) is 30.3 Å². The highest BCUT2D eigenvalue weighted by Crippen LogP contribution is 2.35. The summed E-state index contributed by atoms with van der Waals surface area (Å²) in [5, 5.41) is 2.92. The monoisotopic (exact) mass is 369 g/mol. The lowest BCUT2D eigenvalue weighted by molar-refractivity contribution is -0.141. The molecule has 0 N–H and O–H groups in total. The Labute approximate surface area is 154 Å². The minimum Gasteiger partial charge on any atom is -0.484 e. The normalized spacial score (nSPS) is 16.5. The van der Waals surface area contributed by atoms with Gasteiger partial charge in [0.15, 0.2) is 6.61 Å². The summed E-state index contributed by atoms with van der Waals surface area (Å²) in [6.45, 7) is 2.73. The average Bonchev–Trinajstić information content (AvgIpc) is 3.11. The van der Waals surface area contributed by atoms with Crippen LogP contribution in [0.2, 0.25) is 0 Å². The van der Waals surface area contributed by atoms with Crippen LogP contribution in [0.3, 0.4) is 0 Å². The topological polar surface area (TPSA) is 59.8 Å². The number of rotatable bonds is 5. The first-order chi connectivity index (χ1) is 12.7. The van der Waals surface area contributed by atoms with E-state index in [1.807, 2.05) is 35.4 Å². The Balaban J connectivity index is 1.46. The molecule has 5 nitrogen and oxygen atoms in total. The molecule has 3 heterocycles. The molecule has 1 unspecified atom stereocenters. The number of hydrogen-bond acceptors (Lipinski definition) is 5. The van der Waals surface area contributed by atoms with E-state index in [-0.39, 0.29) is 24.2 Å². The molecule has 1 atom stereocenters. The van der Waals surface area contributed by atoms with Crippen LogP contribution in [0.1, 0.15) is 29.8 Å². The minimum atomic E-state index is -0.373. The van der Waals surface area contributed by atoms with E-state index >= 15 is 0 Å². The predicted octanol–water partition coefficient (Wildman–Crippen LogP) is 3.77. The van der Waals surface area contributed by atoms with Crippen molar-refractivity contribution in [2.45, 2.75) is 25.8 Å². The first-order valence-corrected chi connectivity index (χ1v) is 9.56. The molecule has 1 amide bonds. The van der Waals surface area contributed by atoms with Crippen molar-refractivity contribution in [1.82, 2.24) is 4.90 Å². The molecule has 134 valence electrons. The number of likely N-dealkylation sites (tertiary alicyclic amines) is 1. The van der Waals surface area contributed by atoms with Gasteiger partial charge < -0.3 is 14.1 Å². The van der Waals surface area contributed by atoms with Gasteiger partial charge in [-0.25, -0.2) is 4.79 Å². The molecule has 1 aliphatic rings. The van der Waals surface area contributed by atoms with Gasteiger partial charge in [0.2, 0.25) is 0 Å². The molecule has 1 aromatic carbocycles. The zero-order chi connectivity index (χ0) is 18.1. The zero-order valence-corrected chi connectivity index (χ0v) is 15.3. The van der Waals surface area contributed by atoms with Gasteiger partial charge in [0, 0.05) is 28.9 Å². The van der Waals surface area contributed by atoms with Crippen LogP contribution >= 0.6 is 11.3 Å². The standard InChI is InChI=1S/C20H19NO4S/c1-2-13-10-20(23)25-17-11-14(5-6-15(13)17)24-12-19(22)21-8-7-16(21)18-4-3-9-26-18/h3-6,9-11,16H,2,7-8,12H2,1H3. The van der Waals surface area contributed by atoms with Gasteiger partial charge in [-0.1, -0.05) is 13.0 Å². The van der Waals surface area contributed by atoms with Gasteiger partial charge >= 0.3 is 5.63 Å². The van der Waals surface area contributed by atoms with Crippen molar-refractivity contribution < 1.29 is 13.9 Å².